The van der Waals surface area contributed by atoms with E-state index >= 15 is 0 Å². The van der Waals surface area contributed by atoms with Gasteiger partial charge in [0.1, 0.15) is 5.82 Å². The average Bonchev–Trinajstić information content (AvgIpc) is 2.83. The topological polar surface area (TPSA) is 37.8 Å². The molecule has 0 saturated carbocycles. The average molecular weight is 290 g/mol. The molecule has 0 aliphatic carbocycles. The summed E-state index contributed by atoms with van der Waals surface area (Å²) in [7, 11) is 1.86. The van der Waals surface area contributed by atoms with Gasteiger partial charge in [-0.25, -0.2) is 9.97 Å². The fourth-order valence-corrected chi connectivity index (χ4v) is 3.00. The van der Waals surface area contributed by atoms with E-state index in [4.69, 9.17) is 11.6 Å². The molecular formula is C14H12ClN3S. The Balaban J connectivity index is 2.30. The number of hydrogen-bond donors (Lipinski definition) is 1. The normalized spacial score (nSPS) is 10.9. The first-order valence-electron chi connectivity index (χ1n) is 5.87. The number of aryl methyl sites for hydroxylation is 1. The van der Waals surface area contributed by atoms with Crippen molar-refractivity contribution < 1.29 is 0 Å². The standard InChI is InChI=1S/C14H12ClN3S/c1-8-6-19-7-11(8)14-17-12-5-9(15)3-4-10(12)13(16-2)18-14/h3-7H,1-2H3,(H,16,17,18). The zero-order valence-electron chi connectivity index (χ0n) is 10.6. The van der Waals surface area contributed by atoms with Crippen LogP contribution in [0.3, 0.4) is 0 Å². The van der Waals surface area contributed by atoms with Crippen molar-refractivity contribution in [1.82, 2.24) is 9.97 Å². The summed E-state index contributed by atoms with van der Waals surface area (Å²) in [6.07, 6.45) is 0. The highest BCUT2D eigenvalue weighted by Gasteiger charge is 2.11. The predicted octanol–water partition coefficient (Wildman–Crippen LogP) is 4.36. The number of aromatic nitrogens is 2. The first-order chi connectivity index (χ1) is 9.19. The molecule has 5 heteroatoms. The first kappa shape index (κ1) is 12.4. The summed E-state index contributed by atoms with van der Waals surface area (Å²) in [5.74, 6) is 1.56. The second-order valence-electron chi connectivity index (χ2n) is 4.28. The van der Waals surface area contributed by atoms with Crippen LogP contribution in [0.1, 0.15) is 5.56 Å². The Kier molecular flexibility index (Phi) is 3.12. The Hall–Kier alpha value is -1.65. The number of nitrogens with zero attached hydrogens (tertiary/aromatic N) is 2. The smallest absolute Gasteiger partial charge is 0.163 e. The van der Waals surface area contributed by atoms with E-state index in [1.165, 1.54) is 5.56 Å². The van der Waals surface area contributed by atoms with Gasteiger partial charge in [-0.1, -0.05) is 11.6 Å². The van der Waals surface area contributed by atoms with Crippen LogP contribution in [0.15, 0.2) is 29.0 Å². The van der Waals surface area contributed by atoms with Crippen LogP contribution in [0.5, 0.6) is 0 Å². The number of thiophene rings is 1. The Bertz CT molecular complexity index is 752. The van der Waals surface area contributed by atoms with E-state index in [2.05, 4.69) is 33.0 Å². The van der Waals surface area contributed by atoms with Gasteiger partial charge in [-0.2, -0.15) is 11.3 Å². The van der Waals surface area contributed by atoms with Gasteiger partial charge in [0.05, 0.1) is 5.52 Å². The van der Waals surface area contributed by atoms with E-state index in [1.807, 2.05) is 25.2 Å². The number of nitrogens with one attached hydrogen (secondary N) is 1. The molecule has 96 valence electrons. The van der Waals surface area contributed by atoms with Gasteiger partial charge in [0.25, 0.3) is 0 Å². The van der Waals surface area contributed by atoms with Gasteiger partial charge in [0, 0.05) is 28.4 Å². The number of rotatable bonds is 2. The predicted molar refractivity (Wildman–Crippen MR) is 82.1 cm³/mol. The van der Waals surface area contributed by atoms with E-state index < -0.39 is 0 Å². The van der Waals surface area contributed by atoms with Gasteiger partial charge in [0.15, 0.2) is 5.82 Å². The molecule has 0 unspecified atom stereocenters. The highest BCUT2D eigenvalue weighted by Crippen LogP contribution is 2.29. The zero-order valence-corrected chi connectivity index (χ0v) is 12.1. The van der Waals surface area contributed by atoms with Crippen LogP contribution in [0.4, 0.5) is 5.82 Å². The van der Waals surface area contributed by atoms with Crippen LogP contribution in [0.2, 0.25) is 5.02 Å². The summed E-state index contributed by atoms with van der Waals surface area (Å²) in [4.78, 5) is 9.21. The third kappa shape index (κ3) is 2.17. The van der Waals surface area contributed by atoms with E-state index in [-0.39, 0.29) is 0 Å². The maximum atomic E-state index is 6.04. The molecule has 0 aliphatic heterocycles. The van der Waals surface area contributed by atoms with Crippen molar-refractivity contribution in [2.24, 2.45) is 0 Å². The number of halogens is 1. The quantitative estimate of drug-likeness (QED) is 0.761. The maximum absolute atomic E-state index is 6.04. The molecule has 3 aromatic rings. The van der Waals surface area contributed by atoms with Crippen LogP contribution >= 0.6 is 22.9 Å². The summed E-state index contributed by atoms with van der Waals surface area (Å²) in [6.45, 7) is 2.07. The molecule has 3 rings (SSSR count). The minimum atomic E-state index is 0.682. The third-order valence-corrected chi connectivity index (χ3v) is 4.09. The van der Waals surface area contributed by atoms with Crippen molar-refractivity contribution in [3.05, 3.63) is 39.5 Å². The summed E-state index contributed by atoms with van der Waals surface area (Å²) < 4.78 is 0. The largest absolute Gasteiger partial charge is 0.373 e. The SMILES string of the molecule is CNc1nc(-c2cscc2C)nc2cc(Cl)ccc12. The first-order valence-corrected chi connectivity index (χ1v) is 7.19. The summed E-state index contributed by atoms with van der Waals surface area (Å²) in [5.41, 5.74) is 3.12. The third-order valence-electron chi connectivity index (χ3n) is 2.99. The second kappa shape index (κ2) is 4.79. The highest BCUT2D eigenvalue weighted by molar-refractivity contribution is 7.08. The van der Waals surface area contributed by atoms with Crippen molar-refractivity contribution in [1.29, 1.82) is 0 Å². The van der Waals surface area contributed by atoms with Gasteiger partial charge in [-0.3, -0.25) is 0 Å². The molecule has 2 heterocycles. The molecule has 0 aliphatic rings. The van der Waals surface area contributed by atoms with Crippen molar-refractivity contribution in [2.75, 3.05) is 12.4 Å². The number of fused-ring (bicyclic) bond motifs is 1. The van der Waals surface area contributed by atoms with E-state index in [0.29, 0.717) is 5.02 Å². The molecule has 0 spiro atoms. The van der Waals surface area contributed by atoms with E-state index in [9.17, 15) is 0 Å². The van der Waals surface area contributed by atoms with Crippen LogP contribution in [0, 0.1) is 6.92 Å². The van der Waals surface area contributed by atoms with Gasteiger partial charge in [-0.05, 0) is 36.1 Å². The lowest BCUT2D eigenvalue weighted by Gasteiger charge is -2.08. The van der Waals surface area contributed by atoms with Crippen LogP contribution < -0.4 is 5.32 Å². The van der Waals surface area contributed by atoms with Gasteiger partial charge in [0.2, 0.25) is 0 Å². The molecule has 1 N–H and O–H groups in total. The van der Waals surface area contributed by atoms with Gasteiger partial charge in [-0.15, -0.1) is 0 Å². The van der Waals surface area contributed by atoms with Crippen molar-refractivity contribution >= 4 is 39.7 Å². The molecule has 1 aromatic carbocycles. The van der Waals surface area contributed by atoms with E-state index in [1.54, 1.807) is 11.3 Å². The molecule has 0 atom stereocenters. The lowest BCUT2D eigenvalue weighted by molar-refractivity contribution is 1.21. The van der Waals surface area contributed by atoms with E-state index in [0.717, 1.165) is 28.1 Å². The summed E-state index contributed by atoms with van der Waals surface area (Å²) in [6, 6.07) is 5.65. The van der Waals surface area contributed by atoms with Gasteiger partial charge < -0.3 is 5.32 Å². The summed E-state index contributed by atoms with van der Waals surface area (Å²) in [5, 5.41) is 8.94. The summed E-state index contributed by atoms with van der Waals surface area (Å²) >= 11 is 7.70. The fourth-order valence-electron chi connectivity index (χ4n) is 2.00. The molecule has 0 saturated heterocycles. The molecule has 0 amide bonds. The molecule has 2 aromatic heterocycles. The fraction of sp³-hybridized carbons (Fsp3) is 0.143. The Labute approximate surface area is 120 Å². The van der Waals surface area contributed by atoms with Crippen LogP contribution in [-0.2, 0) is 0 Å². The number of benzene rings is 1. The van der Waals surface area contributed by atoms with Crippen LogP contribution in [-0.4, -0.2) is 17.0 Å². The lowest BCUT2D eigenvalue weighted by atomic mass is 10.2. The number of hydrogen-bond acceptors (Lipinski definition) is 4. The highest BCUT2D eigenvalue weighted by atomic mass is 35.5. The van der Waals surface area contributed by atoms with Crippen molar-refractivity contribution in [3.8, 4) is 11.4 Å². The second-order valence-corrected chi connectivity index (χ2v) is 5.46. The molecular weight excluding hydrogens is 278 g/mol. The maximum Gasteiger partial charge on any atom is 0.163 e. The molecule has 0 bridgehead atoms. The monoisotopic (exact) mass is 289 g/mol. The Morgan fingerprint density at radius 1 is 1.21 bits per heavy atom. The minimum absolute atomic E-state index is 0.682. The molecule has 0 fully saturated rings. The minimum Gasteiger partial charge on any atom is -0.373 e. The van der Waals surface area contributed by atoms with Crippen molar-refractivity contribution in [2.45, 2.75) is 6.92 Å². The zero-order chi connectivity index (χ0) is 13.4. The molecule has 3 nitrogen and oxygen atoms in total. The Morgan fingerprint density at radius 2 is 2.05 bits per heavy atom. The lowest BCUT2D eigenvalue weighted by Crippen LogP contribution is -1.98. The molecule has 0 radical (unpaired) electrons. The Morgan fingerprint density at radius 3 is 2.74 bits per heavy atom. The molecule has 19 heavy (non-hydrogen) atoms. The van der Waals surface area contributed by atoms with Crippen LogP contribution in [0.25, 0.3) is 22.3 Å². The van der Waals surface area contributed by atoms with Gasteiger partial charge >= 0.3 is 0 Å². The van der Waals surface area contributed by atoms with Crippen molar-refractivity contribution in [3.63, 3.8) is 0 Å². The number of anilines is 1.